The largest absolute Gasteiger partial charge is 0.439 e. The Hall–Kier alpha value is -2.18. The van der Waals surface area contributed by atoms with Gasteiger partial charge >= 0.3 is 5.76 Å². The van der Waals surface area contributed by atoms with Gasteiger partial charge in [-0.2, -0.15) is 0 Å². The Morgan fingerprint density at radius 2 is 1.90 bits per heavy atom. The molecule has 8 heteroatoms. The van der Waals surface area contributed by atoms with Gasteiger partial charge in [0.25, 0.3) is 0 Å². The highest BCUT2D eigenvalue weighted by Gasteiger charge is 2.15. The highest BCUT2D eigenvalue weighted by Crippen LogP contribution is 2.31. The number of benzene rings is 1. The van der Waals surface area contributed by atoms with Crippen molar-refractivity contribution in [3.8, 4) is 22.8 Å². The van der Waals surface area contributed by atoms with Crippen LogP contribution in [0, 0.1) is 6.92 Å². The zero-order chi connectivity index (χ0) is 15.0. The predicted molar refractivity (Wildman–Crippen MR) is 78.3 cm³/mol. The van der Waals surface area contributed by atoms with Crippen LogP contribution in [-0.2, 0) is 0 Å². The Bertz CT molecular complexity index is 873. The van der Waals surface area contributed by atoms with Gasteiger partial charge in [0.1, 0.15) is 12.0 Å². The SMILES string of the molecule is Cc1c(-c2ccc(Cl)c(Cl)c2)ncnc1-c1noc(=O)[nH]1. The maximum Gasteiger partial charge on any atom is 0.439 e. The molecule has 0 spiro atoms. The van der Waals surface area contributed by atoms with Crippen LogP contribution in [0.25, 0.3) is 22.8 Å². The molecule has 1 N–H and O–H groups in total. The van der Waals surface area contributed by atoms with Gasteiger partial charge < -0.3 is 0 Å². The van der Waals surface area contributed by atoms with E-state index in [1.54, 1.807) is 18.2 Å². The first-order valence-corrected chi connectivity index (χ1v) is 6.65. The Labute approximate surface area is 128 Å². The van der Waals surface area contributed by atoms with Crippen molar-refractivity contribution in [1.29, 1.82) is 0 Å². The second-order valence-electron chi connectivity index (χ2n) is 4.27. The standard InChI is InChI=1S/C13H8Cl2N4O2/c1-6-10(7-2-3-8(14)9(15)4-7)16-5-17-11(6)12-18-13(20)21-19-12/h2-5H,1H3,(H,18,19,20). The van der Waals surface area contributed by atoms with Gasteiger partial charge in [-0.15, -0.1) is 0 Å². The van der Waals surface area contributed by atoms with Gasteiger partial charge in [-0.05, 0) is 19.1 Å². The monoisotopic (exact) mass is 322 g/mol. The van der Waals surface area contributed by atoms with Crippen molar-refractivity contribution in [3.05, 3.63) is 50.7 Å². The fourth-order valence-corrected chi connectivity index (χ4v) is 2.25. The third-order valence-electron chi connectivity index (χ3n) is 2.94. The predicted octanol–water partition coefficient (Wildman–Crippen LogP) is 3.10. The Kier molecular flexibility index (Phi) is 3.48. The molecule has 3 aromatic rings. The van der Waals surface area contributed by atoms with Crippen LogP contribution in [0.1, 0.15) is 5.56 Å². The maximum atomic E-state index is 11.1. The minimum Gasteiger partial charge on any atom is -0.296 e. The molecule has 0 aliphatic heterocycles. The summed E-state index contributed by atoms with van der Waals surface area (Å²) in [5.41, 5.74) is 2.68. The zero-order valence-electron chi connectivity index (χ0n) is 10.7. The van der Waals surface area contributed by atoms with Crippen LogP contribution in [0.3, 0.4) is 0 Å². The van der Waals surface area contributed by atoms with Crippen molar-refractivity contribution in [2.24, 2.45) is 0 Å². The lowest BCUT2D eigenvalue weighted by atomic mass is 10.1. The number of aromatic nitrogens is 4. The van der Waals surface area contributed by atoms with Gasteiger partial charge in [0.2, 0.25) is 5.82 Å². The molecule has 6 nitrogen and oxygen atoms in total. The van der Waals surface area contributed by atoms with Crippen molar-refractivity contribution < 1.29 is 4.52 Å². The fraction of sp³-hybridized carbons (Fsp3) is 0.0769. The summed E-state index contributed by atoms with van der Waals surface area (Å²) in [5, 5.41) is 4.53. The normalized spacial score (nSPS) is 10.8. The molecule has 0 atom stereocenters. The van der Waals surface area contributed by atoms with Crippen LogP contribution in [0.5, 0.6) is 0 Å². The van der Waals surface area contributed by atoms with E-state index in [1.165, 1.54) is 6.33 Å². The smallest absolute Gasteiger partial charge is 0.296 e. The number of halogens is 2. The molecule has 2 aromatic heterocycles. The number of rotatable bonds is 2. The van der Waals surface area contributed by atoms with Gasteiger partial charge in [-0.1, -0.05) is 34.4 Å². The van der Waals surface area contributed by atoms with Crippen molar-refractivity contribution >= 4 is 23.2 Å². The molecular formula is C13H8Cl2N4O2. The van der Waals surface area contributed by atoms with Gasteiger partial charge in [-0.3, -0.25) is 9.51 Å². The summed E-state index contributed by atoms with van der Waals surface area (Å²) in [4.78, 5) is 21.9. The molecule has 0 saturated heterocycles. The Morgan fingerprint density at radius 1 is 1.14 bits per heavy atom. The van der Waals surface area contributed by atoms with Crippen LogP contribution in [0.4, 0.5) is 0 Å². The summed E-state index contributed by atoms with van der Waals surface area (Å²) in [6.45, 7) is 1.82. The van der Waals surface area contributed by atoms with Crippen LogP contribution in [0.15, 0.2) is 33.8 Å². The molecule has 0 saturated carbocycles. The van der Waals surface area contributed by atoms with Crippen molar-refractivity contribution in [2.45, 2.75) is 6.92 Å². The summed E-state index contributed by atoms with van der Waals surface area (Å²) < 4.78 is 4.49. The number of H-pyrrole nitrogens is 1. The van der Waals surface area contributed by atoms with E-state index in [1.807, 2.05) is 6.92 Å². The van der Waals surface area contributed by atoms with E-state index in [-0.39, 0.29) is 5.82 Å². The minimum atomic E-state index is -0.640. The van der Waals surface area contributed by atoms with Crippen LogP contribution in [0.2, 0.25) is 10.0 Å². The number of aromatic amines is 1. The summed E-state index contributed by atoms with van der Waals surface area (Å²) in [7, 11) is 0. The molecule has 1 aromatic carbocycles. The first-order chi connectivity index (χ1) is 10.1. The second-order valence-corrected chi connectivity index (χ2v) is 5.08. The van der Waals surface area contributed by atoms with Crippen LogP contribution in [-0.4, -0.2) is 20.1 Å². The lowest BCUT2D eigenvalue weighted by molar-refractivity contribution is 0.387. The van der Waals surface area contributed by atoms with Gasteiger partial charge in [-0.25, -0.2) is 14.8 Å². The zero-order valence-corrected chi connectivity index (χ0v) is 12.2. The van der Waals surface area contributed by atoms with E-state index in [0.29, 0.717) is 21.4 Å². The molecule has 2 heterocycles. The number of nitrogens with one attached hydrogen (secondary N) is 1. The molecule has 0 bridgehead atoms. The molecule has 0 fully saturated rings. The van der Waals surface area contributed by atoms with Crippen molar-refractivity contribution in [2.75, 3.05) is 0 Å². The number of hydrogen-bond acceptors (Lipinski definition) is 5. The van der Waals surface area contributed by atoms with Crippen molar-refractivity contribution in [1.82, 2.24) is 20.1 Å². The van der Waals surface area contributed by atoms with E-state index >= 15 is 0 Å². The highest BCUT2D eigenvalue weighted by atomic mass is 35.5. The van der Waals surface area contributed by atoms with Crippen molar-refractivity contribution in [3.63, 3.8) is 0 Å². The van der Waals surface area contributed by atoms with Gasteiger partial charge in [0.15, 0.2) is 0 Å². The molecule has 0 unspecified atom stereocenters. The minimum absolute atomic E-state index is 0.251. The fourth-order valence-electron chi connectivity index (χ4n) is 1.96. The quantitative estimate of drug-likeness (QED) is 0.783. The Balaban J connectivity index is 2.16. The molecule has 0 radical (unpaired) electrons. The number of hydrogen-bond donors (Lipinski definition) is 1. The molecule has 0 amide bonds. The lowest BCUT2D eigenvalue weighted by Gasteiger charge is -2.08. The molecule has 0 aliphatic rings. The average molecular weight is 323 g/mol. The summed E-state index contributed by atoms with van der Waals surface area (Å²) in [6.07, 6.45) is 1.38. The lowest BCUT2D eigenvalue weighted by Crippen LogP contribution is -1.99. The molecule has 106 valence electrons. The summed E-state index contributed by atoms with van der Waals surface area (Å²) in [5.74, 6) is -0.389. The first kappa shape index (κ1) is 13.8. The third kappa shape index (κ3) is 2.55. The van der Waals surface area contributed by atoms with Gasteiger partial charge in [0.05, 0.1) is 15.7 Å². The summed E-state index contributed by atoms with van der Waals surface area (Å²) >= 11 is 11.9. The van der Waals surface area contributed by atoms with Crippen LogP contribution >= 0.6 is 23.2 Å². The van der Waals surface area contributed by atoms with Crippen LogP contribution < -0.4 is 5.76 Å². The molecule has 0 aliphatic carbocycles. The first-order valence-electron chi connectivity index (χ1n) is 5.89. The van der Waals surface area contributed by atoms with E-state index in [9.17, 15) is 4.79 Å². The third-order valence-corrected chi connectivity index (χ3v) is 3.68. The second kappa shape index (κ2) is 5.31. The van der Waals surface area contributed by atoms with Gasteiger partial charge in [0, 0.05) is 11.1 Å². The topological polar surface area (TPSA) is 84.7 Å². The average Bonchev–Trinajstić information content (AvgIpc) is 2.89. The van der Waals surface area contributed by atoms with E-state index in [4.69, 9.17) is 23.2 Å². The van der Waals surface area contributed by atoms with E-state index in [2.05, 4.69) is 24.6 Å². The molecule has 3 rings (SSSR count). The molecular weight excluding hydrogens is 315 g/mol. The Morgan fingerprint density at radius 3 is 2.57 bits per heavy atom. The van der Waals surface area contributed by atoms with E-state index in [0.717, 1.165) is 11.1 Å². The summed E-state index contributed by atoms with van der Waals surface area (Å²) in [6, 6.07) is 5.21. The molecule has 21 heavy (non-hydrogen) atoms. The highest BCUT2D eigenvalue weighted by molar-refractivity contribution is 6.42. The van der Waals surface area contributed by atoms with E-state index < -0.39 is 5.76 Å². The maximum absolute atomic E-state index is 11.1. The number of nitrogens with zero attached hydrogens (tertiary/aromatic N) is 3.